The van der Waals surface area contributed by atoms with Gasteiger partial charge in [-0.05, 0) is 12.1 Å². The number of hydrogen-bond acceptors (Lipinski definition) is 2. The molecule has 2 aromatic carbocycles. The van der Waals surface area contributed by atoms with E-state index in [0.717, 1.165) is 22.0 Å². The Balaban J connectivity index is 2.35. The highest BCUT2D eigenvalue weighted by Crippen LogP contribution is 2.25. The predicted octanol–water partition coefficient (Wildman–Crippen LogP) is 3.56. The fourth-order valence-corrected chi connectivity index (χ4v) is 2.19. The Morgan fingerprint density at radius 1 is 1.06 bits per heavy atom. The summed E-state index contributed by atoms with van der Waals surface area (Å²) >= 11 is 4.99. The molecule has 0 unspecified atom stereocenters. The summed E-state index contributed by atoms with van der Waals surface area (Å²) in [7, 11) is 0. The lowest BCUT2D eigenvalue weighted by Crippen LogP contribution is -1.91. The van der Waals surface area contributed by atoms with Gasteiger partial charge in [0.25, 0.3) is 0 Å². The zero-order chi connectivity index (χ0) is 11.8. The summed E-state index contributed by atoms with van der Waals surface area (Å²) in [6, 6.07) is 16.0. The van der Waals surface area contributed by atoms with Crippen LogP contribution >= 0.6 is 12.2 Å². The molecule has 0 bridgehead atoms. The first-order valence-corrected chi connectivity index (χ1v) is 5.65. The molecule has 0 amide bonds. The fraction of sp³-hybridized carbons (Fsp3) is 0. The number of thiocarbonyl (C=S) groups is 1. The SMILES string of the molecule is N#CC(=S)c1ccc2c(c1)[nH]c1ccccc12. The van der Waals surface area contributed by atoms with Crippen molar-refractivity contribution in [3.05, 3.63) is 48.0 Å². The lowest BCUT2D eigenvalue weighted by molar-refractivity contribution is 1.53. The standard InChI is InChI=1S/C14H8N2S/c15-8-14(17)9-5-6-11-10-3-1-2-4-12(10)16-13(11)7-9/h1-7,16H. The van der Waals surface area contributed by atoms with Gasteiger partial charge in [-0.3, -0.25) is 0 Å². The summed E-state index contributed by atoms with van der Waals surface area (Å²) in [6.07, 6.45) is 0. The van der Waals surface area contributed by atoms with Crippen molar-refractivity contribution in [2.45, 2.75) is 0 Å². The van der Waals surface area contributed by atoms with Crippen LogP contribution in [0, 0.1) is 11.3 Å². The zero-order valence-electron chi connectivity index (χ0n) is 8.90. The third-order valence-electron chi connectivity index (χ3n) is 2.87. The molecule has 80 valence electrons. The molecule has 3 rings (SSSR count). The number of fused-ring (bicyclic) bond motifs is 3. The van der Waals surface area contributed by atoms with Crippen molar-refractivity contribution in [1.29, 1.82) is 5.26 Å². The van der Waals surface area contributed by atoms with Crippen LogP contribution in [0.25, 0.3) is 21.8 Å². The van der Waals surface area contributed by atoms with Crippen molar-refractivity contribution in [2.75, 3.05) is 0 Å². The van der Waals surface area contributed by atoms with Crippen LogP contribution in [0.15, 0.2) is 42.5 Å². The molecule has 1 aromatic heterocycles. The third-order valence-corrected chi connectivity index (χ3v) is 3.20. The van der Waals surface area contributed by atoms with Gasteiger partial charge in [-0.1, -0.05) is 42.5 Å². The maximum atomic E-state index is 8.80. The van der Waals surface area contributed by atoms with Gasteiger partial charge in [0, 0.05) is 27.4 Å². The number of hydrogen-bond donors (Lipinski definition) is 1. The number of nitriles is 1. The van der Waals surface area contributed by atoms with E-state index in [0.29, 0.717) is 4.86 Å². The number of rotatable bonds is 1. The average molecular weight is 236 g/mol. The summed E-state index contributed by atoms with van der Waals surface area (Å²) in [5.41, 5.74) is 2.91. The number of benzene rings is 2. The first-order valence-electron chi connectivity index (χ1n) is 5.24. The van der Waals surface area contributed by atoms with E-state index >= 15 is 0 Å². The molecule has 0 atom stereocenters. The van der Waals surface area contributed by atoms with Gasteiger partial charge in [-0.25, -0.2) is 0 Å². The number of aromatic nitrogens is 1. The number of para-hydroxylation sites is 1. The lowest BCUT2D eigenvalue weighted by Gasteiger charge is -1.95. The van der Waals surface area contributed by atoms with Crippen LogP contribution in [-0.2, 0) is 0 Å². The molecule has 0 aliphatic heterocycles. The summed E-state index contributed by atoms with van der Waals surface area (Å²) in [5.74, 6) is 0. The predicted molar refractivity (Wildman–Crippen MR) is 73.1 cm³/mol. The van der Waals surface area contributed by atoms with Crippen molar-refractivity contribution in [2.24, 2.45) is 0 Å². The molecule has 0 aliphatic rings. The Morgan fingerprint density at radius 2 is 1.82 bits per heavy atom. The lowest BCUT2D eigenvalue weighted by atomic mass is 10.1. The van der Waals surface area contributed by atoms with Gasteiger partial charge in [-0.15, -0.1) is 0 Å². The van der Waals surface area contributed by atoms with Gasteiger partial charge in [0.1, 0.15) is 10.9 Å². The Kier molecular flexibility index (Phi) is 2.17. The Bertz CT molecular complexity index is 778. The molecule has 17 heavy (non-hydrogen) atoms. The van der Waals surface area contributed by atoms with Crippen LogP contribution in [0.3, 0.4) is 0 Å². The number of nitrogens with one attached hydrogen (secondary N) is 1. The van der Waals surface area contributed by atoms with Crippen molar-refractivity contribution >= 4 is 38.9 Å². The van der Waals surface area contributed by atoms with E-state index in [4.69, 9.17) is 17.5 Å². The Morgan fingerprint density at radius 3 is 2.65 bits per heavy atom. The minimum absolute atomic E-state index is 0.325. The maximum Gasteiger partial charge on any atom is 0.122 e. The minimum atomic E-state index is 0.325. The topological polar surface area (TPSA) is 39.6 Å². The molecular formula is C14H8N2S. The van der Waals surface area contributed by atoms with Crippen LogP contribution in [0.4, 0.5) is 0 Å². The molecule has 0 saturated carbocycles. The second-order valence-corrected chi connectivity index (χ2v) is 4.28. The molecule has 0 radical (unpaired) electrons. The van der Waals surface area contributed by atoms with Crippen molar-refractivity contribution in [3.8, 4) is 6.07 Å². The third kappa shape index (κ3) is 1.50. The van der Waals surface area contributed by atoms with Crippen LogP contribution in [-0.4, -0.2) is 9.85 Å². The second kappa shape index (κ2) is 3.69. The summed E-state index contributed by atoms with van der Waals surface area (Å²) in [5, 5.41) is 11.1. The minimum Gasteiger partial charge on any atom is -0.354 e. The fourth-order valence-electron chi connectivity index (χ4n) is 2.06. The highest BCUT2D eigenvalue weighted by Gasteiger charge is 2.06. The van der Waals surface area contributed by atoms with E-state index in [1.807, 2.05) is 42.5 Å². The summed E-state index contributed by atoms with van der Waals surface area (Å²) in [6.45, 7) is 0. The maximum absolute atomic E-state index is 8.80. The highest BCUT2D eigenvalue weighted by atomic mass is 32.1. The number of H-pyrrole nitrogens is 1. The Labute approximate surface area is 103 Å². The highest BCUT2D eigenvalue weighted by molar-refractivity contribution is 7.81. The van der Waals surface area contributed by atoms with Crippen LogP contribution in [0.5, 0.6) is 0 Å². The average Bonchev–Trinajstić information content (AvgIpc) is 2.75. The smallest absolute Gasteiger partial charge is 0.122 e. The van der Waals surface area contributed by atoms with E-state index in [-0.39, 0.29) is 0 Å². The molecule has 0 spiro atoms. The van der Waals surface area contributed by atoms with E-state index < -0.39 is 0 Å². The first kappa shape index (κ1) is 10.0. The van der Waals surface area contributed by atoms with Crippen LogP contribution in [0.2, 0.25) is 0 Å². The van der Waals surface area contributed by atoms with Gasteiger partial charge < -0.3 is 4.98 Å². The quantitative estimate of drug-likeness (QED) is 0.518. The van der Waals surface area contributed by atoms with Gasteiger partial charge in [0.05, 0.1) is 0 Å². The van der Waals surface area contributed by atoms with E-state index in [9.17, 15) is 0 Å². The van der Waals surface area contributed by atoms with Gasteiger partial charge in [-0.2, -0.15) is 5.26 Å². The zero-order valence-corrected chi connectivity index (χ0v) is 9.71. The van der Waals surface area contributed by atoms with Crippen LogP contribution < -0.4 is 0 Å². The van der Waals surface area contributed by atoms with Crippen molar-refractivity contribution < 1.29 is 0 Å². The number of nitrogens with zero attached hydrogens (tertiary/aromatic N) is 1. The monoisotopic (exact) mass is 236 g/mol. The van der Waals surface area contributed by atoms with Gasteiger partial charge in [0.2, 0.25) is 0 Å². The molecular weight excluding hydrogens is 228 g/mol. The first-order chi connectivity index (χ1) is 8.29. The molecule has 1 heterocycles. The molecule has 3 aromatic rings. The van der Waals surface area contributed by atoms with E-state index in [2.05, 4.69) is 11.1 Å². The van der Waals surface area contributed by atoms with E-state index in [1.54, 1.807) is 0 Å². The summed E-state index contributed by atoms with van der Waals surface area (Å²) < 4.78 is 0. The van der Waals surface area contributed by atoms with Crippen molar-refractivity contribution in [3.63, 3.8) is 0 Å². The molecule has 1 N–H and O–H groups in total. The molecule has 0 aliphatic carbocycles. The Hall–Kier alpha value is -2.18. The second-order valence-electron chi connectivity index (χ2n) is 3.87. The summed E-state index contributed by atoms with van der Waals surface area (Å²) in [4.78, 5) is 3.65. The molecule has 0 saturated heterocycles. The molecule has 2 nitrogen and oxygen atoms in total. The molecule has 3 heteroatoms. The van der Waals surface area contributed by atoms with Crippen LogP contribution in [0.1, 0.15) is 5.56 Å². The van der Waals surface area contributed by atoms with Crippen molar-refractivity contribution in [1.82, 2.24) is 4.98 Å². The normalized spacial score (nSPS) is 10.5. The largest absolute Gasteiger partial charge is 0.354 e. The molecule has 0 fully saturated rings. The number of aromatic amines is 1. The van der Waals surface area contributed by atoms with Gasteiger partial charge in [0.15, 0.2) is 0 Å². The van der Waals surface area contributed by atoms with E-state index in [1.165, 1.54) is 5.39 Å². The van der Waals surface area contributed by atoms with Gasteiger partial charge >= 0.3 is 0 Å².